The van der Waals surface area contributed by atoms with E-state index in [1.165, 1.54) is 12.1 Å². The van der Waals surface area contributed by atoms with Crippen molar-refractivity contribution < 1.29 is 4.39 Å². The number of rotatable bonds is 2. The lowest BCUT2D eigenvalue weighted by molar-refractivity contribution is 0.625. The Morgan fingerprint density at radius 2 is 2.27 bits per heavy atom. The van der Waals surface area contributed by atoms with Gasteiger partial charge in [-0.15, -0.1) is 5.10 Å². The summed E-state index contributed by atoms with van der Waals surface area (Å²) in [6.07, 6.45) is 0. The van der Waals surface area contributed by atoms with Crippen LogP contribution in [0.5, 0.6) is 0 Å². The number of aryl methyl sites for hydroxylation is 1. The van der Waals surface area contributed by atoms with Crippen LogP contribution in [0.3, 0.4) is 0 Å². The van der Waals surface area contributed by atoms with E-state index in [1.54, 1.807) is 23.7 Å². The van der Waals surface area contributed by atoms with Gasteiger partial charge < -0.3 is 5.73 Å². The maximum atomic E-state index is 13.0. The Kier molecular flexibility index (Phi) is 2.47. The molecule has 0 aliphatic heterocycles. The molecule has 0 aliphatic carbocycles. The van der Waals surface area contributed by atoms with Gasteiger partial charge in [0.2, 0.25) is 0 Å². The number of hydrogen-bond donors (Lipinski definition) is 1. The summed E-state index contributed by atoms with van der Waals surface area (Å²) >= 11 is 0. The van der Waals surface area contributed by atoms with Crippen LogP contribution in [0, 0.1) is 12.7 Å². The van der Waals surface area contributed by atoms with Crippen molar-refractivity contribution in [1.82, 2.24) is 14.8 Å². The van der Waals surface area contributed by atoms with Gasteiger partial charge in [0.1, 0.15) is 11.6 Å². The van der Waals surface area contributed by atoms with Crippen LogP contribution in [0.25, 0.3) is 5.69 Å². The largest absolute Gasteiger partial charge is 0.324 e. The van der Waals surface area contributed by atoms with Crippen LogP contribution in [0.15, 0.2) is 24.3 Å². The molecule has 0 spiro atoms. The number of benzene rings is 1. The second kappa shape index (κ2) is 3.78. The van der Waals surface area contributed by atoms with Crippen molar-refractivity contribution in [3.05, 3.63) is 41.7 Å². The van der Waals surface area contributed by atoms with E-state index in [2.05, 4.69) is 10.1 Å². The lowest BCUT2D eigenvalue weighted by atomic mass is 10.3. The number of aromatic nitrogens is 3. The van der Waals surface area contributed by atoms with E-state index < -0.39 is 0 Å². The molecule has 2 N–H and O–H groups in total. The Hall–Kier alpha value is -1.75. The third-order valence-electron chi connectivity index (χ3n) is 2.05. The molecule has 4 nitrogen and oxygen atoms in total. The van der Waals surface area contributed by atoms with E-state index in [1.807, 2.05) is 0 Å². The first kappa shape index (κ1) is 9.79. The highest BCUT2D eigenvalue weighted by Crippen LogP contribution is 2.10. The number of nitrogens with zero attached hydrogens (tertiary/aromatic N) is 3. The third-order valence-corrected chi connectivity index (χ3v) is 2.05. The van der Waals surface area contributed by atoms with Gasteiger partial charge in [0.05, 0.1) is 12.2 Å². The monoisotopic (exact) mass is 206 g/mol. The molecule has 1 aromatic carbocycles. The fourth-order valence-electron chi connectivity index (χ4n) is 1.38. The van der Waals surface area contributed by atoms with Crippen LogP contribution in [0.2, 0.25) is 0 Å². The predicted octanol–water partition coefficient (Wildman–Crippen LogP) is 1.17. The van der Waals surface area contributed by atoms with Gasteiger partial charge in [0.15, 0.2) is 5.82 Å². The summed E-state index contributed by atoms with van der Waals surface area (Å²) < 4.78 is 14.6. The second-order valence-electron chi connectivity index (χ2n) is 3.17. The van der Waals surface area contributed by atoms with Crippen LogP contribution in [0.4, 0.5) is 4.39 Å². The third kappa shape index (κ3) is 1.87. The highest BCUT2D eigenvalue weighted by molar-refractivity contribution is 5.31. The first-order valence-corrected chi connectivity index (χ1v) is 4.59. The number of nitrogens with two attached hydrogens (primary N) is 1. The van der Waals surface area contributed by atoms with E-state index >= 15 is 0 Å². The first-order valence-electron chi connectivity index (χ1n) is 4.59. The summed E-state index contributed by atoms with van der Waals surface area (Å²) in [5, 5.41) is 4.15. The number of halogens is 1. The van der Waals surface area contributed by atoms with E-state index in [0.29, 0.717) is 17.3 Å². The Morgan fingerprint density at radius 1 is 1.47 bits per heavy atom. The minimum absolute atomic E-state index is 0.281. The molecular formula is C10H11FN4. The second-order valence-corrected chi connectivity index (χ2v) is 3.17. The summed E-state index contributed by atoms with van der Waals surface area (Å²) in [5.74, 6) is 0.953. The minimum atomic E-state index is -0.295. The van der Waals surface area contributed by atoms with Crippen molar-refractivity contribution in [1.29, 1.82) is 0 Å². The first-order chi connectivity index (χ1) is 7.20. The molecule has 2 aromatic rings. The number of hydrogen-bond acceptors (Lipinski definition) is 3. The van der Waals surface area contributed by atoms with Crippen LogP contribution in [-0.2, 0) is 6.54 Å². The zero-order valence-corrected chi connectivity index (χ0v) is 8.31. The summed E-state index contributed by atoms with van der Waals surface area (Å²) in [4.78, 5) is 4.14. The van der Waals surface area contributed by atoms with Gasteiger partial charge >= 0.3 is 0 Å². The minimum Gasteiger partial charge on any atom is -0.324 e. The SMILES string of the molecule is Cc1nc(CN)nn1-c1cccc(F)c1. The van der Waals surface area contributed by atoms with E-state index in [9.17, 15) is 4.39 Å². The van der Waals surface area contributed by atoms with E-state index in [4.69, 9.17) is 5.73 Å². The quantitative estimate of drug-likeness (QED) is 0.802. The van der Waals surface area contributed by atoms with E-state index in [0.717, 1.165) is 0 Å². The topological polar surface area (TPSA) is 56.7 Å². The van der Waals surface area contributed by atoms with Crippen molar-refractivity contribution in [2.45, 2.75) is 13.5 Å². The van der Waals surface area contributed by atoms with Gasteiger partial charge in [0.25, 0.3) is 0 Å². The van der Waals surface area contributed by atoms with Crippen molar-refractivity contribution in [2.24, 2.45) is 5.73 Å². The molecule has 0 saturated carbocycles. The molecule has 15 heavy (non-hydrogen) atoms. The van der Waals surface area contributed by atoms with Gasteiger partial charge in [-0.25, -0.2) is 14.1 Å². The molecule has 5 heteroatoms. The Labute approximate surface area is 86.6 Å². The lowest BCUT2D eigenvalue weighted by Gasteiger charge is -2.01. The van der Waals surface area contributed by atoms with Gasteiger partial charge in [0, 0.05) is 0 Å². The molecule has 2 rings (SSSR count). The van der Waals surface area contributed by atoms with Gasteiger partial charge in [-0.3, -0.25) is 0 Å². The molecular weight excluding hydrogens is 195 g/mol. The maximum Gasteiger partial charge on any atom is 0.164 e. The molecule has 0 atom stereocenters. The fraction of sp³-hybridized carbons (Fsp3) is 0.200. The van der Waals surface area contributed by atoms with Crippen molar-refractivity contribution >= 4 is 0 Å². The predicted molar refractivity (Wildman–Crippen MR) is 53.9 cm³/mol. The lowest BCUT2D eigenvalue weighted by Crippen LogP contribution is -2.02. The zero-order chi connectivity index (χ0) is 10.8. The van der Waals surface area contributed by atoms with E-state index in [-0.39, 0.29) is 12.4 Å². The van der Waals surface area contributed by atoms with Gasteiger partial charge in [-0.2, -0.15) is 0 Å². The normalized spacial score (nSPS) is 10.6. The summed E-state index contributed by atoms with van der Waals surface area (Å²) in [7, 11) is 0. The molecule has 1 aromatic heterocycles. The Bertz CT molecular complexity index is 478. The smallest absolute Gasteiger partial charge is 0.164 e. The Balaban J connectivity index is 2.48. The fourth-order valence-corrected chi connectivity index (χ4v) is 1.38. The van der Waals surface area contributed by atoms with Crippen LogP contribution < -0.4 is 5.73 Å². The summed E-state index contributed by atoms with van der Waals surface area (Å²) in [6, 6.07) is 6.19. The van der Waals surface area contributed by atoms with Crippen LogP contribution in [0.1, 0.15) is 11.6 Å². The molecule has 0 amide bonds. The summed E-state index contributed by atoms with van der Waals surface area (Å²) in [5.41, 5.74) is 6.08. The molecule has 0 fully saturated rings. The van der Waals surface area contributed by atoms with Gasteiger partial charge in [-0.05, 0) is 25.1 Å². The molecule has 78 valence electrons. The van der Waals surface area contributed by atoms with Gasteiger partial charge in [-0.1, -0.05) is 6.07 Å². The van der Waals surface area contributed by atoms with Crippen LogP contribution >= 0.6 is 0 Å². The van der Waals surface area contributed by atoms with Crippen molar-refractivity contribution in [3.63, 3.8) is 0 Å². The average Bonchev–Trinajstić information content (AvgIpc) is 2.60. The molecule has 0 aliphatic rings. The molecule has 0 bridgehead atoms. The van der Waals surface area contributed by atoms with Crippen molar-refractivity contribution in [2.75, 3.05) is 0 Å². The highest BCUT2D eigenvalue weighted by Gasteiger charge is 2.06. The Morgan fingerprint density at radius 3 is 2.87 bits per heavy atom. The maximum absolute atomic E-state index is 13.0. The highest BCUT2D eigenvalue weighted by atomic mass is 19.1. The molecule has 0 radical (unpaired) electrons. The standard InChI is InChI=1S/C10H11FN4/c1-7-13-10(6-12)14-15(7)9-4-2-3-8(11)5-9/h2-5H,6,12H2,1H3. The molecule has 1 heterocycles. The van der Waals surface area contributed by atoms with Crippen LogP contribution in [-0.4, -0.2) is 14.8 Å². The van der Waals surface area contributed by atoms with Crippen molar-refractivity contribution in [3.8, 4) is 5.69 Å². The zero-order valence-electron chi connectivity index (χ0n) is 8.31. The summed E-state index contributed by atoms with van der Waals surface area (Å²) in [6.45, 7) is 2.08. The average molecular weight is 206 g/mol. The molecule has 0 unspecified atom stereocenters. The molecule has 0 saturated heterocycles.